The molecule has 0 amide bonds. The van der Waals surface area contributed by atoms with Crippen molar-refractivity contribution in [3.05, 3.63) is 17.2 Å². The van der Waals surface area contributed by atoms with Crippen LogP contribution in [0.5, 0.6) is 11.5 Å². The zero-order chi connectivity index (χ0) is 11.1. The monoisotopic (exact) mass is 334 g/mol. The molecule has 0 saturated heterocycles. The van der Waals surface area contributed by atoms with E-state index in [0.29, 0.717) is 24.0 Å². The van der Waals surface area contributed by atoms with E-state index >= 15 is 0 Å². The van der Waals surface area contributed by atoms with Gasteiger partial charge in [-0.2, -0.15) is 0 Å². The van der Waals surface area contributed by atoms with Gasteiger partial charge in [-0.05, 0) is 0 Å². The summed E-state index contributed by atoms with van der Waals surface area (Å²) in [6.07, 6.45) is 0. The van der Waals surface area contributed by atoms with E-state index in [1.807, 2.05) is 6.07 Å². The van der Waals surface area contributed by atoms with Crippen molar-refractivity contribution >= 4 is 33.6 Å². The molecule has 1 aliphatic heterocycles. The third-order valence-electron chi connectivity index (χ3n) is 2.46. The number of rotatable bonds is 1. The third-order valence-corrected chi connectivity index (χ3v) is 8.51. The molecular formula is C11H15ClO2Sn. The predicted molar refractivity (Wildman–Crippen MR) is 65.4 cm³/mol. The maximum atomic E-state index is 6.18. The van der Waals surface area contributed by atoms with Gasteiger partial charge in [0.15, 0.2) is 0 Å². The van der Waals surface area contributed by atoms with Crippen molar-refractivity contribution in [1.82, 2.24) is 0 Å². The number of fused-ring (bicyclic) bond motifs is 1. The SMILES string of the molecule is [CH3][Sn]([CH3])([CH3])[c]1cc(Cl)c2c(c1)OCCO2. The van der Waals surface area contributed by atoms with Gasteiger partial charge in [-0.3, -0.25) is 0 Å². The summed E-state index contributed by atoms with van der Waals surface area (Å²) in [5.74, 6) is 1.53. The molecule has 0 fully saturated rings. The van der Waals surface area contributed by atoms with Crippen molar-refractivity contribution in [3.8, 4) is 11.5 Å². The fourth-order valence-electron chi connectivity index (χ4n) is 1.54. The van der Waals surface area contributed by atoms with Gasteiger partial charge >= 0.3 is 99.7 Å². The van der Waals surface area contributed by atoms with Crippen LogP contribution in [0, 0.1) is 0 Å². The zero-order valence-electron chi connectivity index (χ0n) is 9.26. The average molecular weight is 333 g/mol. The van der Waals surface area contributed by atoms with Gasteiger partial charge in [-0.25, -0.2) is 0 Å². The van der Waals surface area contributed by atoms with E-state index in [1.54, 1.807) is 0 Å². The summed E-state index contributed by atoms with van der Waals surface area (Å²) in [5, 5.41) is 0.689. The number of halogens is 1. The van der Waals surface area contributed by atoms with Crippen molar-refractivity contribution in [2.75, 3.05) is 13.2 Å². The molecule has 0 aromatic heterocycles. The van der Waals surface area contributed by atoms with Crippen molar-refractivity contribution in [2.24, 2.45) is 0 Å². The molecule has 0 saturated carbocycles. The molecule has 1 aliphatic rings. The third kappa shape index (κ3) is 2.36. The summed E-state index contributed by atoms with van der Waals surface area (Å²) >= 11 is 4.11. The van der Waals surface area contributed by atoms with Crippen molar-refractivity contribution < 1.29 is 9.47 Å². The summed E-state index contributed by atoms with van der Waals surface area (Å²) in [6, 6.07) is 4.15. The minimum atomic E-state index is -2.07. The molecule has 0 unspecified atom stereocenters. The van der Waals surface area contributed by atoms with Gasteiger partial charge in [0.2, 0.25) is 0 Å². The zero-order valence-corrected chi connectivity index (χ0v) is 12.9. The summed E-state index contributed by atoms with van der Waals surface area (Å²) in [5.41, 5.74) is 0. The number of hydrogen-bond donors (Lipinski definition) is 0. The molecule has 2 nitrogen and oxygen atoms in total. The fraction of sp³-hybridized carbons (Fsp3) is 0.455. The predicted octanol–water partition coefficient (Wildman–Crippen LogP) is 2.66. The molecule has 1 aromatic rings. The second-order valence-electron chi connectivity index (χ2n) is 4.73. The topological polar surface area (TPSA) is 18.5 Å². The maximum absolute atomic E-state index is 6.18. The van der Waals surface area contributed by atoms with Crippen LogP contribution in [0.3, 0.4) is 0 Å². The average Bonchev–Trinajstić information content (AvgIpc) is 2.16. The van der Waals surface area contributed by atoms with E-state index < -0.39 is 18.4 Å². The molecular weight excluding hydrogens is 318 g/mol. The van der Waals surface area contributed by atoms with E-state index in [1.165, 1.54) is 3.58 Å². The Labute approximate surface area is 99.4 Å². The second-order valence-corrected chi connectivity index (χ2v) is 19.6. The molecule has 1 aromatic carbocycles. The van der Waals surface area contributed by atoms with Crippen LogP contribution in [0.2, 0.25) is 19.8 Å². The fourth-order valence-corrected chi connectivity index (χ4v) is 5.33. The first-order valence-corrected chi connectivity index (χ1v) is 15.4. The second kappa shape index (κ2) is 4.05. The Balaban J connectivity index is 2.50. The summed E-state index contributed by atoms with van der Waals surface area (Å²) in [4.78, 5) is 7.07. The molecule has 0 N–H and O–H groups in total. The van der Waals surface area contributed by atoms with E-state index in [9.17, 15) is 0 Å². The number of hydrogen-bond acceptors (Lipinski definition) is 2. The Hall–Kier alpha value is -0.0913. The molecule has 0 spiro atoms. The molecule has 4 heteroatoms. The van der Waals surface area contributed by atoms with Gasteiger partial charge in [0.05, 0.1) is 0 Å². The molecule has 1 heterocycles. The van der Waals surface area contributed by atoms with Gasteiger partial charge < -0.3 is 0 Å². The Morgan fingerprint density at radius 3 is 2.47 bits per heavy atom. The van der Waals surface area contributed by atoms with Crippen LogP contribution in [0.15, 0.2) is 12.1 Å². The quantitative estimate of drug-likeness (QED) is 0.736. The van der Waals surface area contributed by atoms with Crippen molar-refractivity contribution in [2.45, 2.75) is 14.8 Å². The number of ether oxygens (including phenoxy) is 2. The van der Waals surface area contributed by atoms with Crippen LogP contribution in [0.4, 0.5) is 0 Å². The Morgan fingerprint density at radius 1 is 1.13 bits per heavy atom. The molecule has 2 rings (SSSR count). The van der Waals surface area contributed by atoms with E-state index in [-0.39, 0.29) is 0 Å². The normalized spacial score (nSPS) is 15.2. The molecule has 0 atom stereocenters. The van der Waals surface area contributed by atoms with Crippen molar-refractivity contribution in [3.63, 3.8) is 0 Å². The van der Waals surface area contributed by atoms with Crippen LogP contribution >= 0.6 is 11.6 Å². The molecule has 0 bridgehead atoms. The Kier molecular flexibility index (Phi) is 3.08. The van der Waals surface area contributed by atoms with Crippen LogP contribution in [0.1, 0.15) is 0 Å². The molecule has 15 heavy (non-hydrogen) atoms. The Bertz CT molecular complexity index is 385. The first-order valence-electron chi connectivity index (χ1n) is 5.08. The molecule has 0 radical (unpaired) electrons. The van der Waals surface area contributed by atoms with Gasteiger partial charge in [0.25, 0.3) is 0 Å². The summed E-state index contributed by atoms with van der Waals surface area (Å²) < 4.78 is 12.4. The summed E-state index contributed by atoms with van der Waals surface area (Å²) in [7, 11) is 0. The van der Waals surface area contributed by atoms with Crippen LogP contribution in [-0.2, 0) is 0 Å². The number of benzene rings is 1. The molecule has 82 valence electrons. The van der Waals surface area contributed by atoms with Gasteiger partial charge in [-0.1, -0.05) is 0 Å². The Morgan fingerprint density at radius 2 is 1.80 bits per heavy atom. The molecule has 0 aliphatic carbocycles. The van der Waals surface area contributed by atoms with Gasteiger partial charge in [-0.15, -0.1) is 0 Å². The van der Waals surface area contributed by atoms with E-state index in [2.05, 4.69) is 20.9 Å². The van der Waals surface area contributed by atoms with E-state index in [4.69, 9.17) is 21.1 Å². The van der Waals surface area contributed by atoms with Crippen LogP contribution in [0.25, 0.3) is 0 Å². The summed E-state index contributed by atoms with van der Waals surface area (Å²) in [6.45, 7) is 1.21. The van der Waals surface area contributed by atoms with Gasteiger partial charge in [0, 0.05) is 0 Å². The first-order chi connectivity index (χ1) is 6.98. The first kappa shape index (κ1) is 11.4. The van der Waals surface area contributed by atoms with Gasteiger partial charge in [0.1, 0.15) is 0 Å². The van der Waals surface area contributed by atoms with Crippen LogP contribution in [-0.4, -0.2) is 31.6 Å². The standard InChI is InChI=1S/C8H6ClO2.3CH3.Sn/c9-6-2-1-3-7-8(6)11-5-4-10-7;;;;/h2-3H,4-5H2;3*1H3;. The van der Waals surface area contributed by atoms with Crippen molar-refractivity contribution in [1.29, 1.82) is 0 Å². The minimum absolute atomic E-state index is 0.588. The van der Waals surface area contributed by atoms with Crippen LogP contribution < -0.4 is 13.1 Å². The van der Waals surface area contributed by atoms with E-state index in [0.717, 1.165) is 5.75 Å².